The highest BCUT2D eigenvalue weighted by atomic mass is 19.2. The van der Waals surface area contributed by atoms with Crippen molar-refractivity contribution in [3.8, 4) is 0 Å². The molecule has 3 amide bonds. The molecule has 0 aliphatic carbocycles. The molecular formula is C19H17F2N3O3. The highest BCUT2D eigenvalue weighted by Crippen LogP contribution is 2.27. The number of nitrogens with zero attached hydrogens (tertiary/aromatic N) is 1. The molecule has 0 aromatic heterocycles. The van der Waals surface area contributed by atoms with Gasteiger partial charge < -0.3 is 15.5 Å². The van der Waals surface area contributed by atoms with E-state index in [2.05, 4.69) is 10.6 Å². The average Bonchev–Trinajstić information content (AvgIpc) is 2.99. The maximum absolute atomic E-state index is 13.4. The van der Waals surface area contributed by atoms with Crippen LogP contribution in [-0.2, 0) is 14.4 Å². The van der Waals surface area contributed by atoms with Crippen molar-refractivity contribution in [3.63, 3.8) is 0 Å². The van der Waals surface area contributed by atoms with Crippen LogP contribution in [-0.4, -0.2) is 24.3 Å². The first-order valence-corrected chi connectivity index (χ1v) is 8.27. The van der Waals surface area contributed by atoms with Gasteiger partial charge in [0.05, 0.1) is 5.92 Å². The number of anilines is 3. The van der Waals surface area contributed by atoms with Crippen LogP contribution in [0.4, 0.5) is 25.8 Å². The van der Waals surface area contributed by atoms with E-state index in [1.54, 1.807) is 24.3 Å². The smallest absolute Gasteiger partial charge is 0.229 e. The normalized spacial score (nSPS) is 16.3. The van der Waals surface area contributed by atoms with Crippen LogP contribution in [0.5, 0.6) is 0 Å². The molecule has 27 heavy (non-hydrogen) atoms. The summed E-state index contributed by atoms with van der Waals surface area (Å²) >= 11 is 0. The highest BCUT2D eigenvalue weighted by Gasteiger charge is 2.35. The molecule has 3 rings (SSSR count). The minimum Gasteiger partial charge on any atom is -0.326 e. The Hall–Kier alpha value is -3.29. The summed E-state index contributed by atoms with van der Waals surface area (Å²) in [6.07, 6.45) is -0.0315. The summed E-state index contributed by atoms with van der Waals surface area (Å²) in [5.74, 6) is -3.62. The lowest BCUT2D eigenvalue weighted by molar-refractivity contribution is -0.122. The average molecular weight is 373 g/mol. The monoisotopic (exact) mass is 373 g/mol. The molecule has 2 aromatic carbocycles. The van der Waals surface area contributed by atoms with E-state index in [-0.39, 0.29) is 36.4 Å². The molecule has 0 radical (unpaired) electrons. The Balaban J connectivity index is 1.69. The molecule has 1 aliphatic heterocycles. The fraction of sp³-hybridized carbons (Fsp3) is 0.211. The van der Waals surface area contributed by atoms with Gasteiger partial charge in [-0.1, -0.05) is 6.07 Å². The SMILES string of the molecule is CC(=O)Nc1cccc(NC(=O)C2CC(=O)N(c3ccc(F)c(F)c3)C2)c1. The summed E-state index contributed by atoms with van der Waals surface area (Å²) in [7, 11) is 0. The molecule has 6 nitrogen and oxygen atoms in total. The van der Waals surface area contributed by atoms with E-state index >= 15 is 0 Å². The molecule has 140 valence electrons. The molecule has 0 bridgehead atoms. The number of carbonyl (C=O) groups excluding carboxylic acids is 3. The fourth-order valence-corrected chi connectivity index (χ4v) is 2.91. The second-order valence-electron chi connectivity index (χ2n) is 6.26. The summed E-state index contributed by atoms with van der Waals surface area (Å²) in [4.78, 5) is 37.1. The van der Waals surface area contributed by atoms with Crippen LogP contribution >= 0.6 is 0 Å². The van der Waals surface area contributed by atoms with E-state index in [9.17, 15) is 23.2 Å². The Kier molecular flexibility index (Phi) is 5.16. The van der Waals surface area contributed by atoms with E-state index in [4.69, 9.17) is 0 Å². The van der Waals surface area contributed by atoms with Gasteiger partial charge in [-0.2, -0.15) is 0 Å². The van der Waals surface area contributed by atoms with Gasteiger partial charge in [-0.15, -0.1) is 0 Å². The van der Waals surface area contributed by atoms with Gasteiger partial charge in [0.1, 0.15) is 0 Å². The zero-order valence-electron chi connectivity index (χ0n) is 14.5. The van der Waals surface area contributed by atoms with Crippen LogP contribution < -0.4 is 15.5 Å². The Morgan fingerprint density at radius 2 is 1.74 bits per heavy atom. The molecule has 1 saturated heterocycles. The summed E-state index contributed by atoms with van der Waals surface area (Å²) in [6, 6.07) is 9.79. The highest BCUT2D eigenvalue weighted by molar-refractivity contribution is 6.03. The molecular weight excluding hydrogens is 356 g/mol. The van der Waals surface area contributed by atoms with Crippen molar-refractivity contribution < 1.29 is 23.2 Å². The Morgan fingerprint density at radius 3 is 2.41 bits per heavy atom. The molecule has 0 spiro atoms. The molecule has 2 N–H and O–H groups in total. The lowest BCUT2D eigenvalue weighted by atomic mass is 10.1. The molecule has 1 fully saturated rings. The zero-order chi connectivity index (χ0) is 19.6. The lowest BCUT2D eigenvalue weighted by Crippen LogP contribution is -2.28. The maximum Gasteiger partial charge on any atom is 0.229 e. The van der Waals surface area contributed by atoms with Crippen LogP contribution in [0.2, 0.25) is 0 Å². The quantitative estimate of drug-likeness (QED) is 0.865. The fourth-order valence-electron chi connectivity index (χ4n) is 2.91. The second-order valence-corrected chi connectivity index (χ2v) is 6.26. The number of amides is 3. The Bertz CT molecular complexity index is 917. The van der Waals surface area contributed by atoms with Crippen molar-refractivity contribution in [2.45, 2.75) is 13.3 Å². The number of hydrogen-bond acceptors (Lipinski definition) is 3. The predicted molar refractivity (Wildman–Crippen MR) is 96.2 cm³/mol. The van der Waals surface area contributed by atoms with Crippen molar-refractivity contribution in [1.29, 1.82) is 0 Å². The van der Waals surface area contributed by atoms with E-state index in [1.807, 2.05) is 0 Å². The lowest BCUT2D eigenvalue weighted by Gasteiger charge is -2.17. The molecule has 1 atom stereocenters. The molecule has 0 saturated carbocycles. The third kappa shape index (κ3) is 4.28. The minimum atomic E-state index is -1.05. The number of rotatable bonds is 4. The predicted octanol–water partition coefficient (Wildman–Crippen LogP) is 2.91. The standard InChI is InChI=1S/C19H17F2N3O3/c1-11(25)22-13-3-2-4-14(8-13)23-19(27)12-7-18(26)24(10-12)15-5-6-16(20)17(21)9-15/h2-6,8-9,12H,7,10H2,1H3,(H,22,25)(H,23,27). The van der Waals surface area contributed by atoms with Crippen molar-refractivity contribution in [2.75, 3.05) is 22.1 Å². The van der Waals surface area contributed by atoms with Crippen molar-refractivity contribution in [3.05, 3.63) is 54.1 Å². The summed E-state index contributed by atoms with van der Waals surface area (Å²) < 4.78 is 26.5. The number of nitrogens with one attached hydrogen (secondary N) is 2. The van der Waals surface area contributed by atoms with Crippen LogP contribution in [0.15, 0.2) is 42.5 Å². The minimum absolute atomic E-state index is 0.0315. The van der Waals surface area contributed by atoms with E-state index in [0.717, 1.165) is 12.1 Å². The van der Waals surface area contributed by atoms with E-state index < -0.39 is 17.6 Å². The summed E-state index contributed by atoms with van der Waals surface area (Å²) in [6.45, 7) is 1.45. The molecule has 1 heterocycles. The van der Waals surface area contributed by atoms with Crippen LogP contribution in [0.1, 0.15) is 13.3 Å². The summed E-state index contributed by atoms with van der Waals surface area (Å²) in [5, 5.41) is 5.32. The van der Waals surface area contributed by atoms with Gasteiger partial charge in [0.25, 0.3) is 0 Å². The van der Waals surface area contributed by atoms with Crippen LogP contribution in [0.3, 0.4) is 0 Å². The van der Waals surface area contributed by atoms with Gasteiger partial charge in [-0.05, 0) is 30.3 Å². The first-order chi connectivity index (χ1) is 12.8. The number of halogens is 2. The van der Waals surface area contributed by atoms with Gasteiger partial charge in [0.2, 0.25) is 17.7 Å². The maximum atomic E-state index is 13.4. The second kappa shape index (κ2) is 7.53. The molecule has 1 aliphatic rings. The Labute approximate surface area is 154 Å². The molecule has 1 unspecified atom stereocenters. The number of carbonyl (C=O) groups is 3. The van der Waals surface area contributed by atoms with E-state index in [1.165, 1.54) is 17.9 Å². The van der Waals surface area contributed by atoms with Gasteiger partial charge in [0, 0.05) is 43.0 Å². The number of hydrogen-bond donors (Lipinski definition) is 2. The van der Waals surface area contributed by atoms with Gasteiger partial charge in [-0.25, -0.2) is 8.78 Å². The van der Waals surface area contributed by atoms with E-state index in [0.29, 0.717) is 11.4 Å². The first kappa shape index (κ1) is 18.5. The van der Waals surface area contributed by atoms with Crippen molar-refractivity contribution >= 4 is 34.8 Å². The van der Waals surface area contributed by atoms with Gasteiger partial charge in [-0.3, -0.25) is 14.4 Å². The topological polar surface area (TPSA) is 78.5 Å². The molecule has 2 aromatic rings. The van der Waals surface area contributed by atoms with Gasteiger partial charge >= 0.3 is 0 Å². The van der Waals surface area contributed by atoms with Crippen LogP contribution in [0.25, 0.3) is 0 Å². The van der Waals surface area contributed by atoms with Crippen LogP contribution in [0, 0.1) is 17.6 Å². The first-order valence-electron chi connectivity index (χ1n) is 8.27. The zero-order valence-corrected chi connectivity index (χ0v) is 14.5. The largest absolute Gasteiger partial charge is 0.326 e. The third-order valence-corrected chi connectivity index (χ3v) is 4.16. The third-order valence-electron chi connectivity index (χ3n) is 4.16. The molecule has 8 heteroatoms. The Morgan fingerprint density at radius 1 is 1.04 bits per heavy atom. The summed E-state index contributed by atoms with van der Waals surface area (Å²) in [5.41, 5.74) is 1.22. The van der Waals surface area contributed by atoms with Crippen molar-refractivity contribution in [1.82, 2.24) is 0 Å². The van der Waals surface area contributed by atoms with Gasteiger partial charge in [0.15, 0.2) is 11.6 Å². The van der Waals surface area contributed by atoms with Crippen molar-refractivity contribution in [2.24, 2.45) is 5.92 Å². The number of benzene rings is 2.